The number of aryl methyl sites for hydroxylation is 1. The summed E-state index contributed by atoms with van der Waals surface area (Å²) in [5.41, 5.74) is 7.57. The van der Waals surface area contributed by atoms with Gasteiger partial charge in [-0.15, -0.1) is 0 Å². The van der Waals surface area contributed by atoms with E-state index in [4.69, 9.17) is 0 Å². The van der Waals surface area contributed by atoms with Crippen LogP contribution in [0.4, 0.5) is 0 Å². The van der Waals surface area contributed by atoms with Crippen LogP contribution in [0.25, 0.3) is 60.2 Å². The molecule has 0 bridgehead atoms. The Bertz CT molecular complexity index is 1850. The van der Waals surface area contributed by atoms with Crippen molar-refractivity contribution in [1.29, 1.82) is 0 Å². The molecule has 1 heteroatoms. The van der Waals surface area contributed by atoms with E-state index in [2.05, 4.69) is 133 Å². The van der Waals surface area contributed by atoms with E-state index < -0.39 is 0 Å². The zero-order chi connectivity index (χ0) is 22.6. The zero-order valence-corrected chi connectivity index (χ0v) is 19.0. The van der Waals surface area contributed by atoms with Crippen molar-refractivity contribution >= 4 is 43.4 Å². The van der Waals surface area contributed by atoms with Gasteiger partial charge in [-0.05, 0) is 58.0 Å². The molecule has 0 saturated carbocycles. The Morgan fingerprint density at radius 1 is 0.471 bits per heavy atom. The highest BCUT2D eigenvalue weighted by atomic mass is 15.0. The first kappa shape index (κ1) is 19.1. The van der Waals surface area contributed by atoms with Gasteiger partial charge in [0.1, 0.15) is 0 Å². The van der Waals surface area contributed by atoms with E-state index in [1.165, 1.54) is 65.7 Å². The van der Waals surface area contributed by atoms with Gasteiger partial charge in [-0.25, -0.2) is 0 Å². The zero-order valence-electron chi connectivity index (χ0n) is 19.0. The first-order chi connectivity index (χ1) is 16.8. The van der Waals surface area contributed by atoms with Crippen LogP contribution in [-0.4, -0.2) is 4.57 Å². The summed E-state index contributed by atoms with van der Waals surface area (Å²) in [5, 5.41) is 7.71. The van der Waals surface area contributed by atoms with E-state index in [0.29, 0.717) is 0 Å². The second kappa shape index (κ2) is 7.33. The maximum Gasteiger partial charge on any atom is 0.0619 e. The van der Waals surface area contributed by atoms with Crippen LogP contribution in [0.2, 0.25) is 0 Å². The molecule has 0 radical (unpaired) electrons. The molecule has 160 valence electrons. The van der Waals surface area contributed by atoms with Crippen LogP contribution >= 0.6 is 0 Å². The number of benzene rings is 6. The lowest BCUT2D eigenvalue weighted by molar-refractivity contribution is 1.19. The minimum atomic E-state index is 1.18. The second-order valence-electron chi connectivity index (χ2n) is 9.06. The summed E-state index contributed by atoms with van der Waals surface area (Å²) in [6, 6.07) is 44.1. The third-order valence-corrected chi connectivity index (χ3v) is 7.11. The highest BCUT2D eigenvalue weighted by Gasteiger charge is 2.15. The summed E-state index contributed by atoms with van der Waals surface area (Å²) < 4.78 is 2.42. The number of aromatic nitrogens is 1. The van der Waals surface area contributed by atoms with Crippen LogP contribution in [0.5, 0.6) is 0 Å². The number of hydrogen-bond acceptors (Lipinski definition) is 0. The molecule has 6 aromatic carbocycles. The molecule has 7 rings (SSSR count). The lowest BCUT2D eigenvalue weighted by Gasteiger charge is -2.13. The Labute approximate surface area is 198 Å². The van der Waals surface area contributed by atoms with Gasteiger partial charge in [0.2, 0.25) is 0 Å². The normalized spacial score (nSPS) is 11.7. The van der Waals surface area contributed by atoms with Crippen LogP contribution in [0.15, 0.2) is 121 Å². The van der Waals surface area contributed by atoms with Gasteiger partial charge in [0.25, 0.3) is 0 Å². The van der Waals surface area contributed by atoms with Crippen LogP contribution in [0.3, 0.4) is 0 Å². The predicted octanol–water partition coefficient (Wildman–Crippen LogP) is 9.07. The Hall–Kier alpha value is -4.36. The summed E-state index contributed by atoms with van der Waals surface area (Å²) in [7, 11) is 0. The molecule has 0 amide bonds. The Morgan fingerprint density at radius 2 is 1.09 bits per heavy atom. The molecule has 0 aliphatic rings. The van der Waals surface area contributed by atoms with Crippen molar-refractivity contribution < 1.29 is 0 Å². The highest BCUT2D eigenvalue weighted by molar-refractivity contribution is 6.18. The van der Waals surface area contributed by atoms with Crippen molar-refractivity contribution in [3.05, 3.63) is 127 Å². The van der Waals surface area contributed by atoms with E-state index in [-0.39, 0.29) is 0 Å². The van der Waals surface area contributed by atoms with Gasteiger partial charge in [-0.3, -0.25) is 0 Å². The molecule has 0 saturated heterocycles. The van der Waals surface area contributed by atoms with Crippen molar-refractivity contribution in [3.63, 3.8) is 0 Å². The number of fused-ring (bicyclic) bond motifs is 6. The summed E-state index contributed by atoms with van der Waals surface area (Å²) >= 11 is 0. The fourth-order valence-electron chi connectivity index (χ4n) is 5.54. The van der Waals surface area contributed by atoms with Gasteiger partial charge in [0, 0.05) is 21.8 Å². The minimum Gasteiger partial charge on any atom is -0.309 e. The van der Waals surface area contributed by atoms with Crippen molar-refractivity contribution in [3.8, 4) is 16.8 Å². The number of rotatable bonds is 2. The standard InChI is InChI=1S/C33H23N/c1-22-14-15-23-8-2-4-10-27(23)32(22)25-16-19-26(20-17-25)34-31-13-7-6-12-29(31)30-21-18-24-9-3-5-11-28(24)33(30)34/h2-21H,1H3. The van der Waals surface area contributed by atoms with Gasteiger partial charge in [0.15, 0.2) is 0 Å². The smallest absolute Gasteiger partial charge is 0.0619 e. The first-order valence-electron chi connectivity index (χ1n) is 11.8. The fraction of sp³-hybridized carbons (Fsp3) is 0.0303. The molecule has 0 N–H and O–H groups in total. The second-order valence-corrected chi connectivity index (χ2v) is 9.06. The summed E-state index contributed by atoms with van der Waals surface area (Å²) in [6.07, 6.45) is 0. The summed E-state index contributed by atoms with van der Waals surface area (Å²) in [4.78, 5) is 0. The SMILES string of the molecule is Cc1ccc2ccccc2c1-c1ccc(-n2c3ccccc3c3ccc4ccccc4c32)cc1. The lowest BCUT2D eigenvalue weighted by atomic mass is 9.94. The molecule has 1 nitrogen and oxygen atoms in total. The van der Waals surface area contributed by atoms with Crippen molar-refractivity contribution in [1.82, 2.24) is 4.57 Å². The number of nitrogens with zero attached hydrogens (tertiary/aromatic N) is 1. The molecule has 1 heterocycles. The topological polar surface area (TPSA) is 4.93 Å². The van der Waals surface area contributed by atoms with Crippen LogP contribution in [0, 0.1) is 6.92 Å². The van der Waals surface area contributed by atoms with E-state index >= 15 is 0 Å². The molecule has 0 atom stereocenters. The minimum absolute atomic E-state index is 1.18. The lowest BCUT2D eigenvalue weighted by Crippen LogP contribution is -1.95. The van der Waals surface area contributed by atoms with Crippen LogP contribution in [-0.2, 0) is 0 Å². The Kier molecular flexibility index (Phi) is 4.13. The largest absolute Gasteiger partial charge is 0.309 e. The number of para-hydroxylation sites is 1. The Balaban J connectivity index is 1.50. The van der Waals surface area contributed by atoms with Crippen molar-refractivity contribution in [2.45, 2.75) is 6.92 Å². The molecular weight excluding hydrogens is 410 g/mol. The summed E-state index contributed by atoms with van der Waals surface area (Å²) in [6.45, 7) is 2.20. The predicted molar refractivity (Wildman–Crippen MR) is 146 cm³/mol. The molecule has 0 unspecified atom stereocenters. The molecule has 34 heavy (non-hydrogen) atoms. The summed E-state index contributed by atoms with van der Waals surface area (Å²) in [5.74, 6) is 0. The van der Waals surface area contributed by atoms with Crippen molar-refractivity contribution in [2.24, 2.45) is 0 Å². The van der Waals surface area contributed by atoms with Crippen molar-refractivity contribution in [2.75, 3.05) is 0 Å². The number of hydrogen-bond donors (Lipinski definition) is 0. The third-order valence-electron chi connectivity index (χ3n) is 7.11. The Morgan fingerprint density at radius 3 is 1.88 bits per heavy atom. The van der Waals surface area contributed by atoms with E-state index in [0.717, 1.165) is 0 Å². The molecule has 7 aromatic rings. The maximum absolute atomic E-state index is 2.42. The van der Waals surface area contributed by atoms with Crippen LogP contribution < -0.4 is 0 Å². The molecule has 0 spiro atoms. The van der Waals surface area contributed by atoms with Gasteiger partial charge in [-0.2, -0.15) is 0 Å². The fourth-order valence-corrected chi connectivity index (χ4v) is 5.54. The monoisotopic (exact) mass is 433 g/mol. The van der Waals surface area contributed by atoms with Gasteiger partial charge in [0.05, 0.1) is 11.0 Å². The molecule has 0 fully saturated rings. The first-order valence-corrected chi connectivity index (χ1v) is 11.8. The average molecular weight is 434 g/mol. The van der Waals surface area contributed by atoms with Gasteiger partial charge < -0.3 is 4.57 Å². The maximum atomic E-state index is 2.42. The van der Waals surface area contributed by atoms with Crippen LogP contribution in [0.1, 0.15) is 5.56 Å². The van der Waals surface area contributed by atoms with E-state index in [1.54, 1.807) is 0 Å². The van der Waals surface area contributed by atoms with Gasteiger partial charge in [-0.1, -0.05) is 103 Å². The molecule has 1 aromatic heterocycles. The highest BCUT2D eigenvalue weighted by Crippen LogP contribution is 2.37. The molecule has 0 aliphatic carbocycles. The quantitative estimate of drug-likeness (QED) is 0.256. The van der Waals surface area contributed by atoms with E-state index in [9.17, 15) is 0 Å². The van der Waals surface area contributed by atoms with Gasteiger partial charge >= 0.3 is 0 Å². The average Bonchev–Trinajstić information content (AvgIpc) is 3.24. The molecular formula is C33H23N. The van der Waals surface area contributed by atoms with E-state index in [1.807, 2.05) is 0 Å². The third kappa shape index (κ3) is 2.74. The molecule has 0 aliphatic heterocycles.